The maximum Gasteiger partial charge on any atom is 0.185 e. The molecule has 0 aliphatic rings. The number of rotatable bonds is 5. The van der Waals surface area contributed by atoms with Gasteiger partial charge in [-0.25, -0.2) is 0 Å². The number of hydrogen-bond donors (Lipinski definition) is 1. The van der Waals surface area contributed by atoms with Gasteiger partial charge in [-0.15, -0.1) is 0 Å². The molecule has 1 N–H and O–H groups in total. The molecule has 0 saturated carbocycles. The van der Waals surface area contributed by atoms with Gasteiger partial charge in [0.05, 0.1) is 0 Å². The monoisotopic (exact) mass is 238 g/mol. The Morgan fingerprint density at radius 2 is 1.59 bits per heavy atom. The molecule has 0 radical (unpaired) electrons. The normalized spacial score (nSPS) is 15.0. The van der Waals surface area contributed by atoms with Crippen molar-refractivity contribution in [2.24, 2.45) is 0 Å². The van der Waals surface area contributed by atoms with Crippen LogP contribution < -0.4 is 0 Å². The van der Waals surface area contributed by atoms with Crippen LogP contribution in [0.1, 0.15) is 23.6 Å². The summed E-state index contributed by atoms with van der Waals surface area (Å²) in [6, 6.07) is 6.26. The largest absolute Gasteiger partial charge is 0.385 e. The van der Waals surface area contributed by atoms with E-state index in [0.29, 0.717) is 6.42 Å². The van der Waals surface area contributed by atoms with Crippen molar-refractivity contribution >= 4 is 0 Å². The van der Waals surface area contributed by atoms with E-state index in [1.807, 2.05) is 0 Å². The summed E-state index contributed by atoms with van der Waals surface area (Å²) >= 11 is 0. The zero-order chi connectivity index (χ0) is 13.1. The van der Waals surface area contributed by atoms with Gasteiger partial charge in [-0.05, 0) is 26.3 Å². The minimum Gasteiger partial charge on any atom is -0.385 e. The molecule has 0 aliphatic carbocycles. The molecule has 0 amide bonds. The van der Waals surface area contributed by atoms with Crippen LogP contribution in [0.4, 0.5) is 0 Å². The Balaban J connectivity index is 2.88. The zero-order valence-corrected chi connectivity index (χ0v) is 11.3. The number of hydrogen-bond acceptors (Lipinski definition) is 3. The van der Waals surface area contributed by atoms with Gasteiger partial charge < -0.3 is 14.6 Å². The maximum atomic E-state index is 10.4. The van der Waals surface area contributed by atoms with Crippen LogP contribution in [0.25, 0.3) is 0 Å². The molecule has 1 unspecified atom stereocenters. The molecule has 96 valence electrons. The number of aryl methyl sites for hydroxylation is 2. The van der Waals surface area contributed by atoms with Crippen LogP contribution in [0.15, 0.2) is 18.2 Å². The number of methoxy groups -OCH3 is 2. The van der Waals surface area contributed by atoms with E-state index in [4.69, 9.17) is 9.47 Å². The van der Waals surface area contributed by atoms with E-state index >= 15 is 0 Å². The van der Waals surface area contributed by atoms with Crippen LogP contribution in [-0.4, -0.2) is 31.2 Å². The number of aliphatic hydroxyl groups is 1. The summed E-state index contributed by atoms with van der Waals surface area (Å²) in [5, 5.41) is 10.4. The minimum absolute atomic E-state index is 0.502. The molecule has 0 fully saturated rings. The highest BCUT2D eigenvalue weighted by Gasteiger charge is 2.32. The van der Waals surface area contributed by atoms with Crippen molar-refractivity contribution in [3.63, 3.8) is 0 Å². The predicted molar refractivity (Wildman–Crippen MR) is 68.0 cm³/mol. The average molecular weight is 238 g/mol. The fourth-order valence-corrected chi connectivity index (χ4v) is 2.27. The van der Waals surface area contributed by atoms with E-state index in [1.54, 1.807) is 6.92 Å². The summed E-state index contributed by atoms with van der Waals surface area (Å²) in [5.74, 6) is 0. The van der Waals surface area contributed by atoms with E-state index in [9.17, 15) is 5.11 Å². The van der Waals surface area contributed by atoms with Gasteiger partial charge in [0.25, 0.3) is 0 Å². The van der Waals surface area contributed by atoms with Gasteiger partial charge in [0.15, 0.2) is 6.29 Å². The fraction of sp³-hybridized carbons (Fsp3) is 0.571. The third-order valence-electron chi connectivity index (χ3n) is 2.78. The van der Waals surface area contributed by atoms with Crippen LogP contribution in [0.3, 0.4) is 0 Å². The first kappa shape index (κ1) is 14.2. The molecular formula is C14H22O3. The van der Waals surface area contributed by atoms with Crippen LogP contribution >= 0.6 is 0 Å². The summed E-state index contributed by atoms with van der Waals surface area (Å²) < 4.78 is 10.2. The topological polar surface area (TPSA) is 38.7 Å². The van der Waals surface area contributed by atoms with E-state index < -0.39 is 11.9 Å². The molecule has 1 rings (SSSR count). The molecule has 1 aromatic rings. The van der Waals surface area contributed by atoms with E-state index in [0.717, 1.165) is 5.56 Å². The summed E-state index contributed by atoms with van der Waals surface area (Å²) in [4.78, 5) is 0. The summed E-state index contributed by atoms with van der Waals surface area (Å²) in [6.45, 7) is 5.83. The summed E-state index contributed by atoms with van der Waals surface area (Å²) in [6.07, 6.45) is -0.120. The quantitative estimate of drug-likeness (QED) is 0.799. The second-order valence-corrected chi connectivity index (χ2v) is 4.83. The zero-order valence-electron chi connectivity index (χ0n) is 11.3. The van der Waals surface area contributed by atoms with Gasteiger partial charge in [-0.3, -0.25) is 0 Å². The van der Waals surface area contributed by atoms with Gasteiger partial charge in [0.2, 0.25) is 0 Å². The van der Waals surface area contributed by atoms with Crippen LogP contribution in [0.2, 0.25) is 0 Å². The van der Waals surface area contributed by atoms with E-state index in [2.05, 4.69) is 32.0 Å². The third kappa shape index (κ3) is 3.80. The Labute approximate surface area is 103 Å². The molecule has 0 aromatic heterocycles. The molecule has 0 aliphatic heterocycles. The molecular weight excluding hydrogens is 216 g/mol. The Morgan fingerprint density at radius 1 is 1.12 bits per heavy atom. The SMILES string of the molecule is COC(OC)C(C)(O)Cc1cc(C)cc(C)c1. The Bertz CT molecular complexity index is 347. The Kier molecular flexibility index (Phi) is 4.69. The number of ether oxygens (including phenoxy) is 2. The van der Waals surface area contributed by atoms with Crippen molar-refractivity contribution in [2.75, 3.05) is 14.2 Å². The van der Waals surface area contributed by atoms with Crippen LogP contribution in [0, 0.1) is 13.8 Å². The Morgan fingerprint density at radius 3 is 2.00 bits per heavy atom. The summed E-state index contributed by atoms with van der Waals surface area (Å²) in [5.41, 5.74) is 2.44. The standard InChI is InChI=1S/C14H22O3/c1-10-6-11(2)8-12(7-10)9-14(3,15)13(16-4)17-5/h6-8,13,15H,9H2,1-5H3. The molecule has 3 nitrogen and oxygen atoms in total. The first-order valence-corrected chi connectivity index (χ1v) is 5.74. The van der Waals surface area contributed by atoms with Gasteiger partial charge in [0, 0.05) is 20.6 Å². The molecule has 1 aromatic carbocycles. The second kappa shape index (κ2) is 5.63. The molecule has 0 saturated heterocycles. The van der Waals surface area contributed by atoms with E-state index in [-0.39, 0.29) is 0 Å². The van der Waals surface area contributed by atoms with Crippen molar-refractivity contribution in [1.29, 1.82) is 0 Å². The molecule has 0 spiro atoms. The van der Waals surface area contributed by atoms with Gasteiger partial charge in [-0.2, -0.15) is 0 Å². The van der Waals surface area contributed by atoms with Crippen molar-refractivity contribution in [3.05, 3.63) is 34.9 Å². The van der Waals surface area contributed by atoms with Crippen LogP contribution in [0.5, 0.6) is 0 Å². The number of benzene rings is 1. The van der Waals surface area contributed by atoms with Crippen molar-refractivity contribution < 1.29 is 14.6 Å². The highest BCUT2D eigenvalue weighted by molar-refractivity contribution is 5.29. The minimum atomic E-state index is -1.04. The fourth-order valence-electron chi connectivity index (χ4n) is 2.27. The van der Waals surface area contributed by atoms with Crippen molar-refractivity contribution in [3.8, 4) is 0 Å². The van der Waals surface area contributed by atoms with E-state index in [1.165, 1.54) is 25.3 Å². The van der Waals surface area contributed by atoms with Crippen molar-refractivity contribution in [2.45, 2.75) is 39.1 Å². The van der Waals surface area contributed by atoms with Gasteiger partial charge >= 0.3 is 0 Å². The highest BCUT2D eigenvalue weighted by atomic mass is 16.7. The smallest absolute Gasteiger partial charge is 0.185 e. The van der Waals surface area contributed by atoms with Gasteiger partial charge in [-0.1, -0.05) is 29.3 Å². The summed E-state index contributed by atoms with van der Waals surface area (Å²) in [7, 11) is 3.06. The third-order valence-corrected chi connectivity index (χ3v) is 2.78. The van der Waals surface area contributed by atoms with Crippen molar-refractivity contribution in [1.82, 2.24) is 0 Å². The molecule has 0 heterocycles. The lowest BCUT2D eigenvalue weighted by Crippen LogP contribution is -2.43. The highest BCUT2D eigenvalue weighted by Crippen LogP contribution is 2.21. The first-order chi connectivity index (χ1) is 7.89. The molecule has 1 atom stereocenters. The maximum absolute atomic E-state index is 10.4. The molecule has 0 bridgehead atoms. The van der Waals surface area contributed by atoms with Crippen LogP contribution in [-0.2, 0) is 15.9 Å². The molecule has 17 heavy (non-hydrogen) atoms. The molecule has 3 heteroatoms. The Hall–Kier alpha value is -0.900. The lowest BCUT2D eigenvalue weighted by atomic mass is 9.94. The predicted octanol–water partition coefficient (Wildman–Crippen LogP) is 2.22. The first-order valence-electron chi connectivity index (χ1n) is 5.74. The second-order valence-electron chi connectivity index (χ2n) is 4.83. The van der Waals surface area contributed by atoms with Gasteiger partial charge in [0.1, 0.15) is 5.60 Å². The lowest BCUT2D eigenvalue weighted by Gasteiger charge is -2.30. The average Bonchev–Trinajstić information content (AvgIpc) is 2.15. The lowest BCUT2D eigenvalue weighted by molar-refractivity contribution is -0.207.